The summed E-state index contributed by atoms with van der Waals surface area (Å²) in [5, 5.41) is 3.57. The van der Waals surface area contributed by atoms with Crippen LogP contribution in [0.25, 0.3) is 0 Å². The molecule has 1 aromatic carbocycles. The summed E-state index contributed by atoms with van der Waals surface area (Å²) in [6.45, 7) is 11.2. The summed E-state index contributed by atoms with van der Waals surface area (Å²) < 4.78 is 5.69. The topological polar surface area (TPSA) is 21.3 Å². The molecule has 0 bridgehead atoms. The molecule has 1 N–H and O–H groups in total. The normalized spacial score (nSPS) is 27.6. The number of benzene rings is 1. The number of hydrogen-bond acceptors (Lipinski definition) is 2. The van der Waals surface area contributed by atoms with Crippen molar-refractivity contribution in [3.05, 3.63) is 35.4 Å². The fraction of sp³-hybridized carbons (Fsp3) is 0.667. The molecule has 1 fully saturated rings. The summed E-state index contributed by atoms with van der Waals surface area (Å²) in [6, 6.07) is 8.98. The highest BCUT2D eigenvalue weighted by Crippen LogP contribution is 2.46. The van der Waals surface area contributed by atoms with E-state index in [0.29, 0.717) is 11.3 Å². The van der Waals surface area contributed by atoms with Crippen LogP contribution in [-0.4, -0.2) is 25.8 Å². The van der Waals surface area contributed by atoms with E-state index in [2.05, 4.69) is 57.3 Å². The van der Waals surface area contributed by atoms with Gasteiger partial charge in [0, 0.05) is 19.6 Å². The van der Waals surface area contributed by atoms with Gasteiger partial charge in [0.2, 0.25) is 0 Å². The van der Waals surface area contributed by atoms with Gasteiger partial charge in [-0.3, -0.25) is 0 Å². The van der Waals surface area contributed by atoms with E-state index in [4.69, 9.17) is 4.74 Å². The molecule has 0 amide bonds. The van der Waals surface area contributed by atoms with Gasteiger partial charge in [0.15, 0.2) is 0 Å². The molecule has 1 aliphatic rings. The molecule has 2 unspecified atom stereocenters. The minimum Gasteiger partial charge on any atom is -0.379 e. The zero-order valence-corrected chi connectivity index (χ0v) is 13.6. The van der Waals surface area contributed by atoms with Crippen molar-refractivity contribution >= 4 is 0 Å². The Morgan fingerprint density at radius 2 is 2.15 bits per heavy atom. The van der Waals surface area contributed by atoms with E-state index in [1.165, 1.54) is 17.5 Å². The first-order chi connectivity index (χ1) is 9.36. The van der Waals surface area contributed by atoms with Crippen LogP contribution in [0.15, 0.2) is 24.3 Å². The van der Waals surface area contributed by atoms with Gasteiger partial charge in [-0.25, -0.2) is 0 Å². The van der Waals surface area contributed by atoms with E-state index >= 15 is 0 Å². The molecule has 2 nitrogen and oxygen atoms in total. The highest BCUT2D eigenvalue weighted by atomic mass is 16.5. The molecule has 1 heterocycles. The van der Waals surface area contributed by atoms with Crippen LogP contribution in [0.5, 0.6) is 0 Å². The number of methoxy groups -OCH3 is 1. The predicted molar refractivity (Wildman–Crippen MR) is 85.2 cm³/mol. The van der Waals surface area contributed by atoms with Gasteiger partial charge >= 0.3 is 0 Å². The molecule has 2 rings (SSSR count). The Labute approximate surface area is 123 Å². The SMILES string of the molecule is COC(C)(C)CC1(C)CCNCC1c1cccc(C)c1. The Balaban J connectivity index is 2.29. The molecule has 2 atom stereocenters. The monoisotopic (exact) mass is 275 g/mol. The van der Waals surface area contributed by atoms with Gasteiger partial charge in [0.1, 0.15) is 0 Å². The highest BCUT2D eigenvalue weighted by Gasteiger charge is 2.41. The maximum absolute atomic E-state index is 5.69. The quantitative estimate of drug-likeness (QED) is 0.900. The molecule has 0 radical (unpaired) electrons. The lowest BCUT2D eigenvalue weighted by Gasteiger charge is -2.46. The zero-order valence-electron chi connectivity index (χ0n) is 13.6. The standard InChI is InChI=1S/C18H29NO/c1-14-7-6-8-15(11-14)16-12-19-10-9-18(16,4)13-17(2,3)20-5/h6-8,11,16,19H,9-10,12-13H2,1-5H3. The number of hydrogen-bond donors (Lipinski definition) is 1. The Bertz CT molecular complexity index is 454. The lowest BCUT2D eigenvalue weighted by atomic mass is 9.64. The predicted octanol–water partition coefficient (Wildman–Crippen LogP) is 3.89. The van der Waals surface area contributed by atoms with E-state index in [1.54, 1.807) is 0 Å². The molecule has 0 saturated carbocycles. The van der Waals surface area contributed by atoms with Crippen molar-refractivity contribution in [2.45, 2.75) is 52.1 Å². The van der Waals surface area contributed by atoms with Gasteiger partial charge in [-0.2, -0.15) is 0 Å². The number of aryl methyl sites for hydroxylation is 1. The first-order valence-corrected chi connectivity index (χ1v) is 7.69. The third kappa shape index (κ3) is 3.42. The van der Waals surface area contributed by atoms with Crippen LogP contribution in [0.3, 0.4) is 0 Å². The third-order valence-electron chi connectivity index (χ3n) is 4.89. The van der Waals surface area contributed by atoms with Gasteiger partial charge < -0.3 is 10.1 Å². The Kier molecular flexibility index (Phi) is 4.55. The van der Waals surface area contributed by atoms with Gasteiger partial charge in [0.05, 0.1) is 5.60 Å². The second-order valence-corrected chi connectivity index (χ2v) is 7.22. The van der Waals surface area contributed by atoms with Crippen molar-refractivity contribution < 1.29 is 4.74 Å². The number of rotatable bonds is 4. The average Bonchev–Trinajstić information content (AvgIpc) is 2.38. The smallest absolute Gasteiger partial charge is 0.0628 e. The molecular formula is C18H29NO. The van der Waals surface area contributed by atoms with Crippen LogP contribution in [-0.2, 0) is 4.74 Å². The molecule has 1 aromatic rings. The summed E-state index contributed by atoms with van der Waals surface area (Å²) >= 11 is 0. The second kappa shape index (κ2) is 5.87. The molecule has 1 saturated heterocycles. The van der Waals surface area contributed by atoms with E-state index in [1.807, 2.05) is 7.11 Å². The van der Waals surface area contributed by atoms with Crippen molar-refractivity contribution in [3.63, 3.8) is 0 Å². The minimum absolute atomic E-state index is 0.0613. The van der Waals surface area contributed by atoms with E-state index in [-0.39, 0.29) is 5.60 Å². The Morgan fingerprint density at radius 3 is 2.80 bits per heavy atom. The molecular weight excluding hydrogens is 246 g/mol. The summed E-state index contributed by atoms with van der Waals surface area (Å²) in [7, 11) is 1.83. The van der Waals surface area contributed by atoms with Crippen LogP contribution in [0.1, 0.15) is 50.7 Å². The van der Waals surface area contributed by atoms with E-state index in [9.17, 15) is 0 Å². The molecule has 20 heavy (non-hydrogen) atoms. The van der Waals surface area contributed by atoms with Crippen LogP contribution in [0.4, 0.5) is 0 Å². The summed E-state index contributed by atoms with van der Waals surface area (Å²) in [6.07, 6.45) is 2.30. The summed E-state index contributed by atoms with van der Waals surface area (Å²) in [5.41, 5.74) is 3.04. The van der Waals surface area contributed by atoms with Crippen LogP contribution in [0.2, 0.25) is 0 Å². The van der Waals surface area contributed by atoms with Crippen LogP contribution in [0, 0.1) is 12.3 Å². The maximum Gasteiger partial charge on any atom is 0.0628 e. The van der Waals surface area contributed by atoms with Gasteiger partial charge in [-0.15, -0.1) is 0 Å². The molecule has 0 aromatic heterocycles. The van der Waals surface area contributed by atoms with Crippen molar-refractivity contribution in [1.82, 2.24) is 5.32 Å². The van der Waals surface area contributed by atoms with Crippen molar-refractivity contribution in [1.29, 1.82) is 0 Å². The van der Waals surface area contributed by atoms with E-state index in [0.717, 1.165) is 19.5 Å². The molecule has 0 aliphatic carbocycles. The first kappa shape index (κ1) is 15.5. The third-order valence-corrected chi connectivity index (χ3v) is 4.89. The number of ether oxygens (including phenoxy) is 1. The van der Waals surface area contributed by atoms with Gasteiger partial charge in [-0.1, -0.05) is 36.8 Å². The molecule has 2 heteroatoms. The lowest BCUT2D eigenvalue weighted by Crippen LogP contribution is -2.45. The average molecular weight is 275 g/mol. The van der Waals surface area contributed by atoms with Crippen molar-refractivity contribution in [2.24, 2.45) is 5.41 Å². The first-order valence-electron chi connectivity index (χ1n) is 7.69. The fourth-order valence-electron chi connectivity index (χ4n) is 3.70. The Hall–Kier alpha value is -0.860. The van der Waals surface area contributed by atoms with Crippen molar-refractivity contribution in [2.75, 3.05) is 20.2 Å². The van der Waals surface area contributed by atoms with E-state index < -0.39 is 0 Å². The highest BCUT2D eigenvalue weighted by molar-refractivity contribution is 5.28. The maximum atomic E-state index is 5.69. The molecule has 0 spiro atoms. The number of piperidine rings is 1. The number of nitrogens with one attached hydrogen (secondary N) is 1. The fourth-order valence-corrected chi connectivity index (χ4v) is 3.70. The summed E-state index contributed by atoms with van der Waals surface area (Å²) in [4.78, 5) is 0. The van der Waals surface area contributed by atoms with Crippen LogP contribution >= 0.6 is 0 Å². The summed E-state index contributed by atoms with van der Waals surface area (Å²) in [5.74, 6) is 0.561. The van der Waals surface area contributed by atoms with Crippen molar-refractivity contribution in [3.8, 4) is 0 Å². The molecule has 1 aliphatic heterocycles. The minimum atomic E-state index is -0.0613. The largest absolute Gasteiger partial charge is 0.379 e. The molecule has 112 valence electrons. The van der Waals surface area contributed by atoms with Gasteiger partial charge in [-0.05, 0) is 51.1 Å². The van der Waals surface area contributed by atoms with Gasteiger partial charge in [0.25, 0.3) is 0 Å². The second-order valence-electron chi connectivity index (χ2n) is 7.22. The zero-order chi connectivity index (χ0) is 14.8. The Morgan fingerprint density at radius 1 is 1.40 bits per heavy atom. The van der Waals surface area contributed by atoms with Crippen LogP contribution < -0.4 is 5.32 Å². The lowest BCUT2D eigenvalue weighted by molar-refractivity contribution is -0.0295.